The molecule has 0 amide bonds. The van der Waals surface area contributed by atoms with Gasteiger partial charge in [-0.05, 0) is 93.5 Å². The first-order valence-electron chi connectivity index (χ1n) is 16.2. The second kappa shape index (κ2) is 17.6. The Morgan fingerprint density at radius 3 is 1.66 bits per heavy atom. The minimum absolute atomic E-state index is 0.235. The molecule has 238 valence electrons. The van der Waals surface area contributed by atoms with E-state index in [4.69, 9.17) is 9.47 Å². The smallest absolute Gasteiger partial charge is 0.185 e. The number of carbonyl (C=O) groups is 1. The van der Waals surface area contributed by atoms with Crippen molar-refractivity contribution in [2.75, 3.05) is 32.2 Å². The molecule has 4 aromatic heterocycles. The minimum atomic E-state index is 0.235. The highest BCUT2D eigenvalue weighted by atomic mass is 32.2. The molecule has 0 saturated carbocycles. The third-order valence-electron chi connectivity index (χ3n) is 8.32. The van der Waals surface area contributed by atoms with E-state index in [2.05, 4.69) is 55.5 Å². The molecule has 0 spiro atoms. The fourth-order valence-electron chi connectivity index (χ4n) is 5.39. The van der Waals surface area contributed by atoms with Crippen LogP contribution in [-0.2, 0) is 27.1 Å². The molecule has 5 heterocycles. The summed E-state index contributed by atoms with van der Waals surface area (Å²) in [6.07, 6.45) is 13.3. The van der Waals surface area contributed by atoms with Gasteiger partial charge in [-0.3, -0.25) is 4.79 Å². The fraction of sp³-hybridized carbons (Fsp3) is 0.528. The molecular formula is C36H46O3S5. The standard InChI is InChI=1S/C36H46O3S5/c1-3-36(25-39-26-36)24-38-22-10-6-4-8-12-28-14-16-30(41-28)32-18-20-34(43-32)35-21-19-33(44-35)31-17-15-29(42-31)13-9-5-7-11-23-40-27(2)37/h14-21H,3-13,22-26H2,1-2H3. The number of ether oxygens (including phenoxy) is 2. The molecular weight excluding hydrogens is 641 g/mol. The highest BCUT2D eigenvalue weighted by molar-refractivity contribution is 8.13. The van der Waals surface area contributed by atoms with Gasteiger partial charge in [0.05, 0.1) is 19.8 Å². The van der Waals surface area contributed by atoms with Crippen LogP contribution in [0.25, 0.3) is 29.3 Å². The van der Waals surface area contributed by atoms with Gasteiger partial charge >= 0.3 is 0 Å². The molecule has 0 N–H and O–H groups in total. The first kappa shape index (κ1) is 34.1. The van der Waals surface area contributed by atoms with Crippen molar-refractivity contribution in [1.29, 1.82) is 0 Å². The van der Waals surface area contributed by atoms with Crippen molar-refractivity contribution in [3.05, 3.63) is 58.3 Å². The van der Waals surface area contributed by atoms with E-state index in [0.717, 1.165) is 57.9 Å². The Bertz CT molecular complexity index is 1420. The van der Waals surface area contributed by atoms with Crippen LogP contribution in [0.15, 0.2) is 48.5 Å². The zero-order chi connectivity index (χ0) is 30.6. The first-order valence-corrected chi connectivity index (χ1v) is 20.5. The fourth-order valence-corrected chi connectivity index (χ4v) is 10.4. The van der Waals surface area contributed by atoms with Gasteiger partial charge in [0.25, 0.3) is 0 Å². The monoisotopic (exact) mass is 686 g/mol. The lowest BCUT2D eigenvalue weighted by atomic mass is 9.84. The zero-order valence-corrected chi connectivity index (χ0v) is 30.3. The van der Waals surface area contributed by atoms with Crippen LogP contribution in [-0.4, -0.2) is 37.3 Å². The topological polar surface area (TPSA) is 35.5 Å². The Hall–Kier alpha value is -1.26. The predicted octanol–water partition coefficient (Wildman–Crippen LogP) is 11.9. The maximum atomic E-state index is 11.0. The highest BCUT2D eigenvalue weighted by Crippen LogP contribution is 2.43. The lowest BCUT2D eigenvalue weighted by Crippen LogP contribution is -2.45. The summed E-state index contributed by atoms with van der Waals surface area (Å²) in [5, 5.41) is 0.235. The third kappa shape index (κ3) is 10.1. The molecule has 1 aliphatic heterocycles. The summed E-state index contributed by atoms with van der Waals surface area (Å²) >= 11 is 9.19. The second-order valence-electron chi connectivity index (χ2n) is 11.9. The number of rotatable bonds is 20. The summed E-state index contributed by atoms with van der Waals surface area (Å²) in [7, 11) is 0. The van der Waals surface area contributed by atoms with Crippen molar-refractivity contribution in [2.24, 2.45) is 5.41 Å². The number of hydrogen-bond donors (Lipinski definition) is 0. The Morgan fingerprint density at radius 2 is 1.18 bits per heavy atom. The van der Waals surface area contributed by atoms with Crippen molar-refractivity contribution in [1.82, 2.24) is 0 Å². The normalized spacial score (nSPS) is 14.2. The van der Waals surface area contributed by atoms with Crippen LogP contribution in [0.5, 0.6) is 0 Å². The molecule has 5 rings (SSSR count). The minimum Gasteiger partial charge on any atom is -0.381 e. The predicted molar refractivity (Wildman–Crippen MR) is 196 cm³/mol. The number of thiophene rings is 4. The molecule has 0 unspecified atom stereocenters. The molecule has 1 saturated heterocycles. The average Bonchev–Trinajstić information content (AvgIpc) is 3.81. The van der Waals surface area contributed by atoms with E-state index in [1.807, 2.05) is 45.3 Å². The zero-order valence-electron chi connectivity index (χ0n) is 26.2. The van der Waals surface area contributed by atoms with Crippen LogP contribution >= 0.6 is 57.1 Å². The van der Waals surface area contributed by atoms with Crippen LogP contribution in [0.2, 0.25) is 0 Å². The van der Waals surface area contributed by atoms with Crippen molar-refractivity contribution in [2.45, 2.75) is 84.5 Å². The first-order chi connectivity index (χ1) is 21.5. The number of thioether (sulfide) groups is 1. The largest absolute Gasteiger partial charge is 0.381 e. The SMILES string of the molecule is CCC1(COCCCCCCc2ccc(-c3ccc(-c4ccc(-c5ccc(CCCCCCSC(C)=O)s5)s4)s3)s2)COC1. The van der Waals surface area contributed by atoms with E-state index in [1.54, 1.807) is 6.92 Å². The van der Waals surface area contributed by atoms with E-state index in [-0.39, 0.29) is 5.12 Å². The van der Waals surface area contributed by atoms with Gasteiger partial charge in [0.2, 0.25) is 0 Å². The van der Waals surface area contributed by atoms with Crippen LogP contribution in [0.1, 0.15) is 81.4 Å². The molecule has 0 bridgehead atoms. The van der Waals surface area contributed by atoms with Crippen LogP contribution in [0.4, 0.5) is 0 Å². The molecule has 3 nitrogen and oxygen atoms in total. The third-order valence-corrected chi connectivity index (χ3v) is 14.3. The van der Waals surface area contributed by atoms with Gasteiger partial charge in [0, 0.05) is 63.7 Å². The molecule has 4 aromatic rings. The Labute approximate surface area is 284 Å². The summed E-state index contributed by atoms with van der Waals surface area (Å²) in [6, 6.07) is 18.4. The van der Waals surface area contributed by atoms with E-state index >= 15 is 0 Å². The van der Waals surface area contributed by atoms with Crippen LogP contribution in [0, 0.1) is 5.41 Å². The second-order valence-corrected chi connectivity index (χ2v) is 17.7. The van der Waals surface area contributed by atoms with E-state index in [9.17, 15) is 4.79 Å². The van der Waals surface area contributed by atoms with Crippen molar-refractivity contribution in [3.63, 3.8) is 0 Å². The van der Waals surface area contributed by atoms with Gasteiger partial charge in [-0.1, -0.05) is 44.4 Å². The van der Waals surface area contributed by atoms with Gasteiger partial charge in [0.1, 0.15) is 0 Å². The van der Waals surface area contributed by atoms with Gasteiger partial charge in [0.15, 0.2) is 5.12 Å². The summed E-state index contributed by atoms with van der Waals surface area (Å²) in [5.41, 5.74) is 0.306. The summed E-state index contributed by atoms with van der Waals surface area (Å²) in [6.45, 7) is 7.39. The number of carbonyl (C=O) groups excluding carboxylic acids is 1. The van der Waals surface area contributed by atoms with E-state index in [0.29, 0.717) is 5.41 Å². The molecule has 44 heavy (non-hydrogen) atoms. The summed E-state index contributed by atoms with van der Waals surface area (Å²) in [5.74, 6) is 0.966. The lowest BCUT2D eigenvalue weighted by molar-refractivity contribution is -0.150. The van der Waals surface area contributed by atoms with Crippen molar-refractivity contribution < 1.29 is 14.3 Å². The highest BCUT2D eigenvalue weighted by Gasteiger charge is 2.36. The van der Waals surface area contributed by atoms with Gasteiger partial charge < -0.3 is 9.47 Å². The number of hydrogen-bond acceptors (Lipinski definition) is 8. The van der Waals surface area contributed by atoms with E-state index < -0.39 is 0 Å². The van der Waals surface area contributed by atoms with Crippen molar-refractivity contribution >= 4 is 62.2 Å². The quantitative estimate of drug-likeness (QED) is 0.0867. The number of unbranched alkanes of at least 4 members (excludes halogenated alkanes) is 6. The van der Waals surface area contributed by atoms with Crippen LogP contribution < -0.4 is 0 Å². The number of aryl methyl sites for hydroxylation is 2. The maximum absolute atomic E-state index is 11.0. The van der Waals surface area contributed by atoms with Crippen LogP contribution in [0.3, 0.4) is 0 Å². The van der Waals surface area contributed by atoms with Gasteiger partial charge in [-0.25, -0.2) is 0 Å². The van der Waals surface area contributed by atoms with Crippen molar-refractivity contribution in [3.8, 4) is 29.3 Å². The lowest BCUT2D eigenvalue weighted by Gasteiger charge is -2.40. The molecule has 0 aromatic carbocycles. The Kier molecular flexibility index (Phi) is 13.6. The summed E-state index contributed by atoms with van der Waals surface area (Å²) < 4.78 is 11.3. The Morgan fingerprint density at radius 1 is 0.705 bits per heavy atom. The molecule has 8 heteroatoms. The molecule has 1 fully saturated rings. The molecule has 0 radical (unpaired) electrons. The maximum Gasteiger partial charge on any atom is 0.185 e. The molecule has 1 aliphatic rings. The van der Waals surface area contributed by atoms with Gasteiger partial charge in [-0.15, -0.1) is 45.3 Å². The Balaban J connectivity index is 1.01. The average molecular weight is 687 g/mol. The van der Waals surface area contributed by atoms with E-state index in [1.165, 1.54) is 95.7 Å². The van der Waals surface area contributed by atoms with Gasteiger partial charge in [-0.2, -0.15) is 0 Å². The molecule has 0 atom stereocenters. The molecule has 0 aliphatic carbocycles. The summed E-state index contributed by atoms with van der Waals surface area (Å²) in [4.78, 5) is 22.3.